The van der Waals surface area contributed by atoms with Gasteiger partial charge in [0.15, 0.2) is 0 Å². The summed E-state index contributed by atoms with van der Waals surface area (Å²) in [5, 5.41) is 7.57. The molecule has 2 aliphatic carbocycles. The third-order valence-electron chi connectivity index (χ3n) is 5.44. The van der Waals surface area contributed by atoms with Crippen LogP contribution in [-0.4, -0.2) is 44.6 Å². The maximum absolute atomic E-state index is 12.5. The van der Waals surface area contributed by atoms with Crippen LogP contribution >= 0.6 is 0 Å². The smallest absolute Gasteiger partial charge is 0.254 e. The van der Waals surface area contributed by atoms with E-state index in [4.69, 9.17) is 0 Å². The average Bonchev–Trinajstić information content (AvgIpc) is 3.09. The topological polar surface area (TPSA) is 75.4 Å². The van der Waals surface area contributed by atoms with Crippen LogP contribution in [0.4, 0.5) is 5.82 Å². The summed E-state index contributed by atoms with van der Waals surface area (Å²) in [4.78, 5) is 23.8. The van der Waals surface area contributed by atoms with Crippen molar-refractivity contribution in [1.29, 1.82) is 0 Å². The van der Waals surface area contributed by atoms with E-state index in [9.17, 15) is 4.79 Å². The summed E-state index contributed by atoms with van der Waals surface area (Å²) in [7, 11) is 0. The number of hydrogen-bond donors (Lipinski definition) is 1. The SMILES string of the molecule is O=C(NC1CC1)C1CCCN(c2c3c(nc4ncnn24)CCC3)C1. The minimum Gasteiger partial charge on any atom is -0.355 e. The fourth-order valence-corrected chi connectivity index (χ4v) is 4.06. The maximum atomic E-state index is 12.5. The maximum Gasteiger partial charge on any atom is 0.254 e. The van der Waals surface area contributed by atoms with E-state index < -0.39 is 0 Å². The van der Waals surface area contributed by atoms with Gasteiger partial charge in [0.1, 0.15) is 12.1 Å². The fourth-order valence-electron chi connectivity index (χ4n) is 4.06. The molecule has 1 atom stereocenters. The second-order valence-corrected chi connectivity index (χ2v) is 7.25. The van der Waals surface area contributed by atoms with Gasteiger partial charge in [-0.05, 0) is 44.9 Å². The first-order valence-electron chi connectivity index (χ1n) is 9.06. The standard InChI is InChI=1S/C17H22N6O/c24-15(20-12-6-7-12)11-3-2-8-22(9-11)16-13-4-1-5-14(13)21-17-18-10-19-23(16)17/h10-12H,1-9H2,(H,20,24). The molecule has 1 saturated heterocycles. The van der Waals surface area contributed by atoms with E-state index in [-0.39, 0.29) is 11.8 Å². The van der Waals surface area contributed by atoms with Crippen molar-refractivity contribution in [3.8, 4) is 0 Å². The molecular weight excluding hydrogens is 304 g/mol. The van der Waals surface area contributed by atoms with Gasteiger partial charge in [-0.15, -0.1) is 0 Å². The summed E-state index contributed by atoms with van der Waals surface area (Å²) in [6, 6.07) is 0.431. The molecule has 2 fully saturated rings. The number of carbonyl (C=O) groups excluding carboxylic acids is 1. The predicted molar refractivity (Wildman–Crippen MR) is 88.9 cm³/mol. The number of fused-ring (bicyclic) bond motifs is 2. The zero-order chi connectivity index (χ0) is 16.1. The molecule has 1 aliphatic heterocycles. The van der Waals surface area contributed by atoms with Crippen LogP contribution in [0.15, 0.2) is 6.33 Å². The van der Waals surface area contributed by atoms with Crippen molar-refractivity contribution in [2.75, 3.05) is 18.0 Å². The Balaban J connectivity index is 1.48. The van der Waals surface area contributed by atoms with Crippen LogP contribution in [-0.2, 0) is 17.6 Å². The average molecular weight is 326 g/mol. The van der Waals surface area contributed by atoms with Crippen LogP contribution in [0.3, 0.4) is 0 Å². The summed E-state index contributed by atoms with van der Waals surface area (Å²) >= 11 is 0. The van der Waals surface area contributed by atoms with E-state index in [0.717, 1.165) is 69.5 Å². The Kier molecular flexibility index (Phi) is 3.21. The van der Waals surface area contributed by atoms with Crippen LogP contribution in [0.25, 0.3) is 5.78 Å². The number of nitrogens with one attached hydrogen (secondary N) is 1. The van der Waals surface area contributed by atoms with Crippen LogP contribution in [0.2, 0.25) is 0 Å². The molecule has 5 rings (SSSR count). The van der Waals surface area contributed by atoms with Gasteiger partial charge in [0, 0.05) is 24.7 Å². The molecule has 0 aromatic carbocycles. The van der Waals surface area contributed by atoms with Crippen LogP contribution < -0.4 is 10.2 Å². The van der Waals surface area contributed by atoms with E-state index in [1.54, 1.807) is 6.33 Å². The van der Waals surface area contributed by atoms with Gasteiger partial charge in [-0.25, -0.2) is 4.98 Å². The monoisotopic (exact) mass is 326 g/mol. The first-order chi connectivity index (χ1) is 11.8. The predicted octanol–water partition coefficient (Wildman–Crippen LogP) is 1.11. The molecule has 7 nitrogen and oxygen atoms in total. The van der Waals surface area contributed by atoms with Gasteiger partial charge in [0.25, 0.3) is 5.78 Å². The molecule has 2 aromatic rings. The molecule has 24 heavy (non-hydrogen) atoms. The van der Waals surface area contributed by atoms with E-state index >= 15 is 0 Å². The molecule has 0 spiro atoms. The molecule has 3 heterocycles. The lowest BCUT2D eigenvalue weighted by Gasteiger charge is -2.34. The van der Waals surface area contributed by atoms with Gasteiger partial charge in [-0.1, -0.05) is 0 Å². The first kappa shape index (κ1) is 14.2. The van der Waals surface area contributed by atoms with Crippen molar-refractivity contribution < 1.29 is 4.79 Å². The van der Waals surface area contributed by atoms with Crippen LogP contribution in [0.5, 0.6) is 0 Å². The van der Waals surface area contributed by atoms with Crippen molar-refractivity contribution in [2.24, 2.45) is 5.92 Å². The Labute approximate surface area is 140 Å². The van der Waals surface area contributed by atoms with Crippen molar-refractivity contribution in [2.45, 2.75) is 51.0 Å². The molecule has 3 aliphatic rings. The van der Waals surface area contributed by atoms with E-state index in [1.807, 2.05) is 4.52 Å². The minimum absolute atomic E-state index is 0.0724. The summed E-state index contributed by atoms with van der Waals surface area (Å²) in [5.41, 5.74) is 2.46. The summed E-state index contributed by atoms with van der Waals surface area (Å²) < 4.78 is 1.87. The molecule has 2 aromatic heterocycles. The lowest BCUT2D eigenvalue weighted by molar-refractivity contribution is -0.125. The van der Waals surface area contributed by atoms with Gasteiger partial charge >= 0.3 is 0 Å². The van der Waals surface area contributed by atoms with Gasteiger partial charge in [-0.2, -0.15) is 14.6 Å². The second-order valence-electron chi connectivity index (χ2n) is 7.25. The van der Waals surface area contributed by atoms with Gasteiger partial charge in [0.2, 0.25) is 5.91 Å². The molecule has 1 unspecified atom stereocenters. The molecule has 126 valence electrons. The van der Waals surface area contributed by atoms with Crippen molar-refractivity contribution in [3.05, 3.63) is 17.6 Å². The number of nitrogens with zero attached hydrogens (tertiary/aromatic N) is 5. The normalized spacial score (nSPS) is 23.5. The molecule has 7 heteroatoms. The zero-order valence-electron chi connectivity index (χ0n) is 13.7. The zero-order valence-corrected chi connectivity index (χ0v) is 13.7. The molecule has 1 N–H and O–H groups in total. The lowest BCUT2D eigenvalue weighted by atomic mass is 9.96. The number of anilines is 1. The minimum atomic E-state index is 0.0724. The third-order valence-corrected chi connectivity index (χ3v) is 5.44. The second kappa shape index (κ2) is 5.43. The number of rotatable bonds is 3. The van der Waals surface area contributed by atoms with Gasteiger partial charge in [0.05, 0.1) is 11.6 Å². The Bertz CT molecular complexity index is 796. The number of hydrogen-bond acceptors (Lipinski definition) is 5. The molecule has 0 bridgehead atoms. The number of amides is 1. The van der Waals surface area contributed by atoms with Crippen LogP contribution in [0.1, 0.15) is 43.4 Å². The Hall–Kier alpha value is -2.18. The number of carbonyl (C=O) groups is 1. The highest BCUT2D eigenvalue weighted by atomic mass is 16.2. The summed E-state index contributed by atoms with van der Waals surface area (Å²) in [6.45, 7) is 1.74. The number of piperidine rings is 1. The third kappa shape index (κ3) is 2.34. The molecule has 0 radical (unpaired) electrons. The van der Waals surface area contributed by atoms with Gasteiger partial charge < -0.3 is 10.2 Å². The van der Waals surface area contributed by atoms with Crippen molar-refractivity contribution >= 4 is 17.5 Å². The van der Waals surface area contributed by atoms with E-state index in [0.29, 0.717) is 11.8 Å². The van der Waals surface area contributed by atoms with Crippen LogP contribution in [0, 0.1) is 5.92 Å². The van der Waals surface area contributed by atoms with Crippen molar-refractivity contribution in [3.63, 3.8) is 0 Å². The summed E-state index contributed by atoms with van der Waals surface area (Å²) in [6.07, 6.45) is 9.07. The fraction of sp³-hybridized carbons (Fsp3) is 0.647. The molecule has 1 amide bonds. The first-order valence-corrected chi connectivity index (χ1v) is 9.06. The number of aryl methyl sites for hydroxylation is 1. The Morgan fingerprint density at radius 1 is 1.21 bits per heavy atom. The molecule has 1 saturated carbocycles. The van der Waals surface area contributed by atoms with E-state index in [2.05, 4.69) is 25.3 Å². The largest absolute Gasteiger partial charge is 0.355 e. The summed E-state index contributed by atoms with van der Waals surface area (Å²) in [5.74, 6) is 2.09. The molecular formula is C17H22N6O. The Morgan fingerprint density at radius 2 is 2.12 bits per heavy atom. The van der Waals surface area contributed by atoms with E-state index in [1.165, 1.54) is 5.56 Å². The highest BCUT2D eigenvalue weighted by Gasteiger charge is 2.33. The highest BCUT2D eigenvalue weighted by molar-refractivity contribution is 5.80. The van der Waals surface area contributed by atoms with Crippen molar-refractivity contribution in [1.82, 2.24) is 24.9 Å². The quantitative estimate of drug-likeness (QED) is 0.914. The lowest BCUT2D eigenvalue weighted by Crippen LogP contribution is -2.44. The van der Waals surface area contributed by atoms with Gasteiger partial charge in [-0.3, -0.25) is 4.79 Å². The highest BCUT2D eigenvalue weighted by Crippen LogP contribution is 2.33. The Morgan fingerprint density at radius 3 is 3.00 bits per heavy atom. The number of aromatic nitrogens is 4.